The summed E-state index contributed by atoms with van der Waals surface area (Å²) >= 11 is 0. The van der Waals surface area contributed by atoms with Crippen LogP contribution in [0.4, 0.5) is 11.4 Å². The lowest BCUT2D eigenvalue weighted by Gasteiger charge is -2.13. The van der Waals surface area contributed by atoms with Crippen LogP contribution in [-0.2, 0) is 9.59 Å². The molecule has 0 bridgehead atoms. The van der Waals surface area contributed by atoms with Gasteiger partial charge in [-0.2, -0.15) is 0 Å². The van der Waals surface area contributed by atoms with Crippen LogP contribution in [0.3, 0.4) is 0 Å². The number of carbonyl (C=O) groups is 2. The molecule has 0 heterocycles. The Bertz CT molecular complexity index is 497. The second-order valence-electron chi connectivity index (χ2n) is 4.33. The van der Waals surface area contributed by atoms with E-state index in [-0.39, 0.29) is 11.8 Å². The molecule has 1 aromatic rings. The fourth-order valence-corrected chi connectivity index (χ4v) is 1.55. The molecule has 5 nitrogen and oxygen atoms in total. The first-order valence-corrected chi connectivity index (χ1v) is 5.99. The normalized spacial score (nSPS) is 11.5. The fourth-order valence-electron chi connectivity index (χ4n) is 1.55. The van der Waals surface area contributed by atoms with E-state index in [1.54, 1.807) is 18.2 Å². The van der Waals surface area contributed by atoms with E-state index in [1.165, 1.54) is 6.92 Å². The second kappa shape index (κ2) is 6.70. The van der Waals surface area contributed by atoms with Crippen molar-refractivity contribution < 1.29 is 9.59 Å². The molecule has 0 aliphatic rings. The maximum absolute atomic E-state index is 11.8. The number of nitrogens with one attached hydrogen (secondary N) is 2. The van der Waals surface area contributed by atoms with E-state index in [0.29, 0.717) is 17.8 Å². The minimum atomic E-state index is -0.624. The quantitative estimate of drug-likeness (QED) is 0.706. The Morgan fingerprint density at radius 1 is 1.42 bits per heavy atom. The number of rotatable bonds is 5. The van der Waals surface area contributed by atoms with Gasteiger partial charge in [0.25, 0.3) is 0 Å². The fraction of sp³-hybridized carbons (Fsp3) is 0.286. The van der Waals surface area contributed by atoms with Gasteiger partial charge in [-0.1, -0.05) is 12.1 Å². The van der Waals surface area contributed by atoms with Crippen molar-refractivity contribution >= 4 is 23.2 Å². The van der Waals surface area contributed by atoms with E-state index >= 15 is 0 Å². The number of hydrogen-bond acceptors (Lipinski definition) is 3. The average molecular weight is 261 g/mol. The van der Waals surface area contributed by atoms with Crippen LogP contribution < -0.4 is 16.4 Å². The van der Waals surface area contributed by atoms with Crippen molar-refractivity contribution in [2.45, 2.75) is 26.3 Å². The number of anilines is 2. The molecule has 0 fully saturated rings. The summed E-state index contributed by atoms with van der Waals surface area (Å²) in [6, 6.07) is 4.67. The van der Waals surface area contributed by atoms with Crippen molar-refractivity contribution in [3.8, 4) is 0 Å². The Morgan fingerprint density at radius 2 is 2.11 bits per heavy atom. The summed E-state index contributed by atoms with van der Waals surface area (Å²) in [6.07, 6.45) is 2.01. The Kier molecular flexibility index (Phi) is 5.26. The van der Waals surface area contributed by atoms with E-state index in [1.807, 2.05) is 13.0 Å². The van der Waals surface area contributed by atoms with Gasteiger partial charge in [0.1, 0.15) is 0 Å². The Morgan fingerprint density at radius 3 is 2.68 bits per heavy atom. The Hall–Kier alpha value is -2.14. The lowest BCUT2D eigenvalue weighted by molar-refractivity contribution is -0.117. The third-order valence-electron chi connectivity index (χ3n) is 2.57. The predicted octanol–water partition coefficient (Wildman–Crippen LogP) is 1.80. The molecule has 0 spiro atoms. The molecular formula is C14H19N3O2. The molecule has 0 aliphatic carbocycles. The van der Waals surface area contributed by atoms with E-state index in [2.05, 4.69) is 17.2 Å². The standard InChI is InChI=1S/C14H19N3O2/c1-4-5-12(15)14(19)17-13-8-11(16-10(3)18)7-6-9(13)2/h4,6-8,12H,1,5,15H2,2-3H3,(H,16,18)(H,17,19). The molecule has 1 atom stereocenters. The number of amides is 2. The summed E-state index contributed by atoms with van der Waals surface area (Å²) < 4.78 is 0. The van der Waals surface area contributed by atoms with Crippen LogP contribution in [0.1, 0.15) is 18.9 Å². The molecule has 102 valence electrons. The van der Waals surface area contributed by atoms with Gasteiger partial charge in [-0.25, -0.2) is 0 Å². The van der Waals surface area contributed by atoms with Crippen molar-refractivity contribution in [3.63, 3.8) is 0 Å². The molecule has 0 radical (unpaired) electrons. The van der Waals surface area contributed by atoms with Crippen LogP contribution >= 0.6 is 0 Å². The highest BCUT2D eigenvalue weighted by molar-refractivity contribution is 5.96. The van der Waals surface area contributed by atoms with Crippen molar-refractivity contribution in [2.24, 2.45) is 5.73 Å². The zero-order chi connectivity index (χ0) is 14.4. The molecule has 2 amide bonds. The smallest absolute Gasteiger partial charge is 0.241 e. The molecule has 0 aliphatic heterocycles. The van der Waals surface area contributed by atoms with Crippen LogP contribution in [0.2, 0.25) is 0 Å². The molecule has 1 aromatic carbocycles. The van der Waals surface area contributed by atoms with Gasteiger partial charge < -0.3 is 16.4 Å². The zero-order valence-corrected chi connectivity index (χ0v) is 11.2. The number of hydrogen-bond donors (Lipinski definition) is 3. The zero-order valence-electron chi connectivity index (χ0n) is 11.2. The third-order valence-corrected chi connectivity index (χ3v) is 2.57. The van der Waals surface area contributed by atoms with Crippen LogP contribution in [0, 0.1) is 6.92 Å². The largest absolute Gasteiger partial charge is 0.326 e. The third kappa shape index (κ3) is 4.56. The lowest BCUT2D eigenvalue weighted by Crippen LogP contribution is -2.35. The topological polar surface area (TPSA) is 84.2 Å². The molecule has 5 heteroatoms. The first kappa shape index (κ1) is 14.9. The van der Waals surface area contributed by atoms with Crippen LogP contribution in [-0.4, -0.2) is 17.9 Å². The highest BCUT2D eigenvalue weighted by atomic mass is 16.2. The highest BCUT2D eigenvalue weighted by Crippen LogP contribution is 2.20. The van der Waals surface area contributed by atoms with Gasteiger partial charge in [-0.15, -0.1) is 6.58 Å². The minimum absolute atomic E-state index is 0.163. The Balaban J connectivity index is 2.84. The van der Waals surface area contributed by atoms with Gasteiger partial charge in [0, 0.05) is 18.3 Å². The first-order chi connectivity index (χ1) is 8.93. The number of nitrogens with two attached hydrogens (primary N) is 1. The van der Waals surface area contributed by atoms with Crippen molar-refractivity contribution in [3.05, 3.63) is 36.4 Å². The summed E-state index contributed by atoms with van der Waals surface area (Å²) in [4.78, 5) is 22.8. The lowest BCUT2D eigenvalue weighted by atomic mass is 10.1. The molecule has 0 saturated heterocycles. The van der Waals surface area contributed by atoms with Gasteiger partial charge in [0.2, 0.25) is 11.8 Å². The number of benzene rings is 1. The first-order valence-electron chi connectivity index (χ1n) is 5.99. The van der Waals surface area contributed by atoms with Crippen molar-refractivity contribution in [1.82, 2.24) is 0 Å². The van der Waals surface area contributed by atoms with Crippen LogP contribution in [0.15, 0.2) is 30.9 Å². The predicted molar refractivity (Wildman–Crippen MR) is 76.9 cm³/mol. The maximum atomic E-state index is 11.8. The molecular weight excluding hydrogens is 242 g/mol. The van der Waals surface area contributed by atoms with Gasteiger partial charge in [-0.3, -0.25) is 9.59 Å². The summed E-state index contributed by atoms with van der Waals surface area (Å²) in [5, 5.41) is 5.41. The summed E-state index contributed by atoms with van der Waals surface area (Å²) in [5.41, 5.74) is 7.85. The molecule has 1 unspecified atom stereocenters. The monoisotopic (exact) mass is 261 g/mol. The highest BCUT2D eigenvalue weighted by Gasteiger charge is 2.13. The minimum Gasteiger partial charge on any atom is -0.326 e. The van der Waals surface area contributed by atoms with Gasteiger partial charge >= 0.3 is 0 Å². The Labute approximate surface area is 112 Å². The van der Waals surface area contributed by atoms with Crippen LogP contribution in [0.25, 0.3) is 0 Å². The number of carbonyl (C=O) groups excluding carboxylic acids is 2. The molecule has 0 saturated carbocycles. The van der Waals surface area contributed by atoms with Crippen molar-refractivity contribution in [1.29, 1.82) is 0 Å². The molecule has 1 rings (SSSR count). The second-order valence-corrected chi connectivity index (χ2v) is 4.33. The van der Waals surface area contributed by atoms with Gasteiger partial charge in [0.05, 0.1) is 6.04 Å². The van der Waals surface area contributed by atoms with Gasteiger partial charge in [0.15, 0.2) is 0 Å². The summed E-state index contributed by atoms with van der Waals surface area (Å²) in [5.74, 6) is -0.438. The van der Waals surface area contributed by atoms with E-state index in [4.69, 9.17) is 5.73 Å². The van der Waals surface area contributed by atoms with E-state index in [0.717, 1.165) is 5.56 Å². The molecule has 0 aromatic heterocycles. The number of aryl methyl sites for hydroxylation is 1. The van der Waals surface area contributed by atoms with Crippen LogP contribution in [0.5, 0.6) is 0 Å². The summed E-state index contributed by atoms with van der Waals surface area (Å²) in [7, 11) is 0. The molecule has 4 N–H and O–H groups in total. The van der Waals surface area contributed by atoms with E-state index < -0.39 is 6.04 Å². The maximum Gasteiger partial charge on any atom is 0.241 e. The molecule has 19 heavy (non-hydrogen) atoms. The SMILES string of the molecule is C=CCC(N)C(=O)Nc1cc(NC(C)=O)ccc1C. The van der Waals surface area contributed by atoms with Crippen molar-refractivity contribution in [2.75, 3.05) is 10.6 Å². The average Bonchev–Trinajstić information content (AvgIpc) is 2.33. The van der Waals surface area contributed by atoms with Gasteiger partial charge in [-0.05, 0) is 31.0 Å². The summed E-state index contributed by atoms with van der Waals surface area (Å²) in [6.45, 7) is 6.84. The van der Waals surface area contributed by atoms with E-state index in [9.17, 15) is 9.59 Å².